The van der Waals surface area contributed by atoms with Crippen molar-refractivity contribution in [2.45, 2.75) is 6.04 Å². The van der Waals surface area contributed by atoms with Crippen molar-refractivity contribution in [2.75, 3.05) is 0 Å². The van der Waals surface area contributed by atoms with Crippen LogP contribution in [-0.4, -0.2) is 0 Å². The van der Waals surface area contributed by atoms with E-state index in [-0.39, 0.29) is 0 Å². The number of hydrogen-bond donors (Lipinski definition) is 1. The predicted octanol–water partition coefficient (Wildman–Crippen LogP) is 1.08. The molecule has 0 amide bonds. The lowest BCUT2D eigenvalue weighted by molar-refractivity contribution is 0.926. The third-order valence-corrected chi connectivity index (χ3v) is 1.54. The molecule has 0 aliphatic carbocycles. The van der Waals surface area contributed by atoms with Gasteiger partial charge in [-0.25, -0.2) is 0 Å². The van der Waals surface area contributed by atoms with Crippen molar-refractivity contribution in [1.82, 2.24) is 0 Å². The Morgan fingerprint density at radius 3 is 2.17 bits per heavy atom. The van der Waals surface area contributed by atoms with E-state index >= 15 is 0 Å². The van der Waals surface area contributed by atoms with E-state index in [0.29, 0.717) is 5.56 Å². The molecule has 0 radical (unpaired) electrons. The Labute approximate surface area is 70.7 Å². The van der Waals surface area contributed by atoms with E-state index in [4.69, 9.17) is 16.3 Å². The summed E-state index contributed by atoms with van der Waals surface area (Å²) >= 11 is 0. The van der Waals surface area contributed by atoms with Gasteiger partial charge in [0.1, 0.15) is 6.04 Å². The van der Waals surface area contributed by atoms with Gasteiger partial charge in [-0.2, -0.15) is 10.5 Å². The maximum Gasteiger partial charge on any atom is 0.118 e. The zero-order chi connectivity index (χ0) is 8.97. The van der Waals surface area contributed by atoms with Crippen molar-refractivity contribution in [3.63, 3.8) is 0 Å². The molecule has 0 spiro atoms. The van der Waals surface area contributed by atoms with E-state index in [1.54, 1.807) is 24.3 Å². The zero-order valence-electron chi connectivity index (χ0n) is 6.36. The van der Waals surface area contributed by atoms with Gasteiger partial charge < -0.3 is 5.73 Å². The summed E-state index contributed by atoms with van der Waals surface area (Å²) in [4.78, 5) is 0. The molecule has 12 heavy (non-hydrogen) atoms. The highest BCUT2D eigenvalue weighted by atomic mass is 14.6. The van der Waals surface area contributed by atoms with Crippen LogP contribution in [0.1, 0.15) is 17.2 Å². The molecule has 0 heterocycles. The molecule has 2 N–H and O–H groups in total. The van der Waals surface area contributed by atoms with Crippen LogP contribution >= 0.6 is 0 Å². The fourth-order valence-corrected chi connectivity index (χ4v) is 0.840. The minimum Gasteiger partial charge on any atom is -0.312 e. The summed E-state index contributed by atoms with van der Waals surface area (Å²) in [5.74, 6) is 0. The highest BCUT2D eigenvalue weighted by Gasteiger charge is 2.02. The minimum atomic E-state index is -0.599. The Balaban J connectivity index is 2.96. The fourth-order valence-electron chi connectivity index (χ4n) is 0.840. The van der Waals surface area contributed by atoms with Crippen molar-refractivity contribution in [1.29, 1.82) is 10.5 Å². The highest BCUT2D eigenvalue weighted by molar-refractivity contribution is 5.34. The molecule has 3 nitrogen and oxygen atoms in total. The lowest BCUT2D eigenvalue weighted by Crippen LogP contribution is -2.06. The molecule has 1 rings (SSSR count). The second-order valence-electron chi connectivity index (χ2n) is 2.34. The number of benzene rings is 1. The van der Waals surface area contributed by atoms with Gasteiger partial charge in [-0.3, -0.25) is 0 Å². The monoisotopic (exact) mass is 157 g/mol. The normalized spacial score (nSPS) is 11.2. The molecule has 0 aliphatic rings. The van der Waals surface area contributed by atoms with Crippen molar-refractivity contribution >= 4 is 0 Å². The Hall–Kier alpha value is -1.84. The van der Waals surface area contributed by atoms with Crippen molar-refractivity contribution < 1.29 is 0 Å². The van der Waals surface area contributed by atoms with E-state index in [0.717, 1.165) is 5.56 Å². The SMILES string of the molecule is N#Cc1ccc([C@@H](N)C#N)cc1. The highest BCUT2D eigenvalue weighted by Crippen LogP contribution is 2.09. The average Bonchev–Trinajstić information content (AvgIpc) is 2.17. The second kappa shape index (κ2) is 3.52. The first-order valence-electron chi connectivity index (χ1n) is 3.43. The fraction of sp³-hybridized carbons (Fsp3) is 0.111. The third-order valence-electron chi connectivity index (χ3n) is 1.54. The molecule has 1 atom stereocenters. The van der Waals surface area contributed by atoms with Crippen molar-refractivity contribution in [3.8, 4) is 12.1 Å². The van der Waals surface area contributed by atoms with Gasteiger partial charge in [0.25, 0.3) is 0 Å². The van der Waals surface area contributed by atoms with Gasteiger partial charge in [0.05, 0.1) is 17.7 Å². The molecule has 0 aliphatic heterocycles. The van der Waals surface area contributed by atoms with E-state index < -0.39 is 6.04 Å². The summed E-state index contributed by atoms with van der Waals surface area (Å²) < 4.78 is 0. The molecule has 0 fully saturated rings. The van der Waals surface area contributed by atoms with E-state index in [2.05, 4.69) is 0 Å². The topological polar surface area (TPSA) is 73.6 Å². The summed E-state index contributed by atoms with van der Waals surface area (Å²) in [7, 11) is 0. The molecule has 58 valence electrons. The van der Waals surface area contributed by atoms with E-state index in [1.807, 2.05) is 12.1 Å². The molecule has 0 aromatic heterocycles. The van der Waals surface area contributed by atoms with E-state index in [1.165, 1.54) is 0 Å². The molecule has 0 saturated heterocycles. The second-order valence-corrected chi connectivity index (χ2v) is 2.34. The molecule has 1 aromatic carbocycles. The average molecular weight is 157 g/mol. The first-order valence-corrected chi connectivity index (χ1v) is 3.43. The summed E-state index contributed by atoms with van der Waals surface area (Å²) in [6.45, 7) is 0. The standard InChI is InChI=1S/C9H7N3/c10-5-7-1-3-8(4-2-7)9(12)6-11/h1-4,9H,12H2/t9-/m0/s1. The summed E-state index contributed by atoms with van der Waals surface area (Å²) in [6.07, 6.45) is 0. The van der Waals surface area contributed by atoms with Crippen LogP contribution in [0.4, 0.5) is 0 Å². The molecular weight excluding hydrogens is 150 g/mol. The molecule has 0 saturated carbocycles. The maximum absolute atomic E-state index is 8.48. The Kier molecular flexibility index (Phi) is 2.42. The quantitative estimate of drug-likeness (QED) is 0.662. The number of nitrogens with zero attached hydrogens (tertiary/aromatic N) is 2. The van der Waals surface area contributed by atoms with Crippen molar-refractivity contribution in [2.24, 2.45) is 5.73 Å². The van der Waals surface area contributed by atoms with Crippen LogP contribution in [0.15, 0.2) is 24.3 Å². The Morgan fingerprint density at radius 2 is 1.75 bits per heavy atom. The molecule has 0 unspecified atom stereocenters. The van der Waals surface area contributed by atoms with Crippen LogP contribution in [0, 0.1) is 22.7 Å². The van der Waals surface area contributed by atoms with Gasteiger partial charge in [-0.1, -0.05) is 12.1 Å². The number of rotatable bonds is 1. The summed E-state index contributed by atoms with van der Waals surface area (Å²) in [5.41, 5.74) is 6.75. The van der Waals surface area contributed by atoms with Gasteiger partial charge >= 0.3 is 0 Å². The number of nitrogens with two attached hydrogens (primary N) is 1. The largest absolute Gasteiger partial charge is 0.312 e. The predicted molar refractivity (Wildman–Crippen MR) is 43.7 cm³/mol. The zero-order valence-corrected chi connectivity index (χ0v) is 6.36. The van der Waals surface area contributed by atoms with Crippen LogP contribution in [0.25, 0.3) is 0 Å². The van der Waals surface area contributed by atoms with Gasteiger partial charge in [0.2, 0.25) is 0 Å². The number of nitriles is 2. The number of hydrogen-bond acceptors (Lipinski definition) is 3. The molecule has 0 bridgehead atoms. The van der Waals surface area contributed by atoms with Gasteiger partial charge in [0, 0.05) is 0 Å². The van der Waals surface area contributed by atoms with Gasteiger partial charge in [-0.15, -0.1) is 0 Å². The minimum absolute atomic E-state index is 0.573. The maximum atomic E-state index is 8.48. The third kappa shape index (κ3) is 1.60. The van der Waals surface area contributed by atoms with Crippen LogP contribution in [0.5, 0.6) is 0 Å². The first-order chi connectivity index (χ1) is 5.77. The Morgan fingerprint density at radius 1 is 1.17 bits per heavy atom. The molecule has 1 aromatic rings. The first kappa shape index (κ1) is 8.26. The van der Waals surface area contributed by atoms with Gasteiger partial charge in [-0.05, 0) is 17.7 Å². The smallest absolute Gasteiger partial charge is 0.118 e. The van der Waals surface area contributed by atoms with Crippen LogP contribution in [0.2, 0.25) is 0 Å². The van der Waals surface area contributed by atoms with Gasteiger partial charge in [0.15, 0.2) is 0 Å². The van der Waals surface area contributed by atoms with Crippen molar-refractivity contribution in [3.05, 3.63) is 35.4 Å². The van der Waals surface area contributed by atoms with Crippen LogP contribution in [0.3, 0.4) is 0 Å². The lowest BCUT2D eigenvalue weighted by atomic mass is 10.1. The molecule has 3 heteroatoms. The Bertz CT molecular complexity index is 340. The lowest BCUT2D eigenvalue weighted by Gasteiger charge is -2.00. The van der Waals surface area contributed by atoms with Crippen LogP contribution in [-0.2, 0) is 0 Å². The molecular formula is C9H7N3. The van der Waals surface area contributed by atoms with E-state index in [9.17, 15) is 0 Å². The summed E-state index contributed by atoms with van der Waals surface area (Å²) in [5, 5.41) is 17.0. The van der Waals surface area contributed by atoms with Crippen LogP contribution < -0.4 is 5.73 Å². The summed E-state index contributed by atoms with van der Waals surface area (Å²) in [6, 6.07) is 9.97.